The third-order valence-corrected chi connectivity index (χ3v) is 4.01. The van der Waals surface area contributed by atoms with Gasteiger partial charge in [0.2, 0.25) is 0 Å². The molecule has 0 aromatic carbocycles. The van der Waals surface area contributed by atoms with Crippen LogP contribution < -0.4 is 11.3 Å². The summed E-state index contributed by atoms with van der Waals surface area (Å²) in [5, 5.41) is 0. The summed E-state index contributed by atoms with van der Waals surface area (Å²) in [6.07, 6.45) is 3.60. The van der Waals surface area contributed by atoms with Crippen molar-refractivity contribution in [3.05, 3.63) is 58.4 Å². The normalized spacial score (nSPS) is 17.9. The first-order valence-electron chi connectivity index (χ1n) is 7.44. The van der Waals surface area contributed by atoms with Gasteiger partial charge in [0.05, 0.1) is 6.54 Å². The van der Waals surface area contributed by atoms with Gasteiger partial charge in [-0.3, -0.25) is 9.59 Å². The molecule has 0 unspecified atom stereocenters. The number of aromatic nitrogens is 1. The van der Waals surface area contributed by atoms with E-state index in [0.29, 0.717) is 24.6 Å². The smallest absolute Gasteiger partial charge is 0.289 e. The van der Waals surface area contributed by atoms with Gasteiger partial charge >= 0.3 is 0 Å². The van der Waals surface area contributed by atoms with Crippen molar-refractivity contribution in [2.24, 2.45) is 5.73 Å². The van der Waals surface area contributed by atoms with Gasteiger partial charge in [-0.05, 0) is 31.0 Å². The predicted octanol–water partition coefficient (Wildman–Crippen LogP) is 1.05. The third-order valence-electron chi connectivity index (χ3n) is 4.01. The summed E-state index contributed by atoms with van der Waals surface area (Å²) in [6.45, 7) is 1.50. The second-order valence-corrected chi connectivity index (χ2v) is 5.46. The van der Waals surface area contributed by atoms with Gasteiger partial charge in [0, 0.05) is 31.4 Å². The van der Waals surface area contributed by atoms with Crippen molar-refractivity contribution in [1.82, 2.24) is 9.47 Å². The zero-order valence-electron chi connectivity index (χ0n) is 12.3. The van der Waals surface area contributed by atoms with E-state index in [4.69, 9.17) is 10.2 Å². The summed E-state index contributed by atoms with van der Waals surface area (Å²) in [6, 6.07) is 8.46. The van der Waals surface area contributed by atoms with E-state index in [1.807, 2.05) is 0 Å². The van der Waals surface area contributed by atoms with Crippen LogP contribution in [0.15, 0.2) is 45.7 Å². The zero-order valence-corrected chi connectivity index (χ0v) is 12.3. The highest BCUT2D eigenvalue weighted by Crippen LogP contribution is 2.20. The number of furan rings is 1. The minimum absolute atomic E-state index is 0.0952. The topological polar surface area (TPSA) is 81.5 Å². The van der Waals surface area contributed by atoms with Crippen LogP contribution >= 0.6 is 0 Å². The number of amides is 1. The number of carbonyl (C=O) groups excluding carboxylic acids is 1. The van der Waals surface area contributed by atoms with Gasteiger partial charge in [0.15, 0.2) is 5.76 Å². The Labute approximate surface area is 128 Å². The fraction of sp³-hybridized carbons (Fsp3) is 0.375. The van der Waals surface area contributed by atoms with Crippen LogP contribution in [0.4, 0.5) is 0 Å². The lowest BCUT2D eigenvalue weighted by Gasteiger charge is -2.22. The Hall–Kier alpha value is -2.34. The van der Waals surface area contributed by atoms with E-state index in [9.17, 15) is 9.59 Å². The van der Waals surface area contributed by atoms with Crippen LogP contribution in [0, 0.1) is 0 Å². The Morgan fingerprint density at radius 3 is 2.95 bits per heavy atom. The Bertz CT molecular complexity index is 719. The fourth-order valence-corrected chi connectivity index (χ4v) is 2.83. The SMILES string of the molecule is NC[C@@H]1CCCN1C(=O)c1ccc(Cn2ccccc2=O)o1. The molecule has 1 amide bonds. The summed E-state index contributed by atoms with van der Waals surface area (Å²) >= 11 is 0. The lowest BCUT2D eigenvalue weighted by molar-refractivity contribution is 0.0707. The van der Waals surface area contributed by atoms with E-state index in [0.717, 1.165) is 19.4 Å². The number of rotatable bonds is 4. The van der Waals surface area contributed by atoms with E-state index in [1.165, 1.54) is 10.6 Å². The van der Waals surface area contributed by atoms with E-state index < -0.39 is 0 Å². The summed E-state index contributed by atoms with van der Waals surface area (Å²) in [5.41, 5.74) is 5.60. The molecular weight excluding hydrogens is 282 g/mol. The average molecular weight is 301 g/mol. The number of nitrogens with zero attached hydrogens (tertiary/aromatic N) is 2. The number of hydrogen-bond acceptors (Lipinski definition) is 4. The van der Waals surface area contributed by atoms with Crippen molar-refractivity contribution in [3.8, 4) is 0 Å². The van der Waals surface area contributed by atoms with Gasteiger partial charge in [-0.2, -0.15) is 0 Å². The molecule has 0 spiro atoms. The molecule has 116 valence electrons. The van der Waals surface area contributed by atoms with Crippen LogP contribution in [0.3, 0.4) is 0 Å². The first kappa shape index (κ1) is 14.6. The van der Waals surface area contributed by atoms with Gasteiger partial charge in [-0.25, -0.2) is 0 Å². The molecule has 6 heteroatoms. The van der Waals surface area contributed by atoms with Gasteiger partial charge in [-0.15, -0.1) is 0 Å². The monoisotopic (exact) mass is 301 g/mol. The lowest BCUT2D eigenvalue weighted by atomic mass is 10.2. The summed E-state index contributed by atoms with van der Waals surface area (Å²) < 4.78 is 7.15. The van der Waals surface area contributed by atoms with Gasteiger partial charge in [0.25, 0.3) is 11.5 Å². The molecule has 2 aromatic rings. The van der Waals surface area contributed by atoms with Gasteiger partial charge in [0.1, 0.15) is 5.76 Å². The van der Waals surface area contributed by atoms with Crippen LogP contribution in [0.1, 0.15) is 29.2 Å². The molecule has 1 atom stereocenters. The number of likely N-dealkylation sites (tertiary alicyclic amines) is 1. The molecule has 1 fully saturated rings. The molecule has 2 aromatic heterocycles. The standard InChI is InChI=1S/C16H19N3O3/c17-10-12-4-3-9-19(12)16(21)14-7-6-13(22-14)11-18-8-2-1-5-15(18)20/h1-2,5-8,12H,3-4,9-11,17H2/t12-/m0/s1. The van der Waals surface area contributed by atoms with Gasteiger partial charge < -0.3 is 19.6 Å². The van der Waals surface area contributed by atoms with Crippen LogP contribution in [-0.2, 0) is 6.54 Å². The Morgan fingerprint density at radius 1 is 1.32 bits per heavy atom. The highest BCUT2D eigenvalue weighted by atomic mass is 16.4. The van der Waals surface area contributed by atoms with Crippen molar-refractivity contribution in [2.45, 2.75) is 25.4 Å². The van der Waals surface area contributed by atoms with E-state index in [2.05, 4.69) is 0 Å². The number of nitrogens with two attached hydrogens (primary N) is 1. The molecule has 2 N–H and O–H groups in total. The molecule has 0 aliphatic carbocycles. The number of hydrogen-bond donors (Lipinski definition) is 1. The second kappa shape index (κ2) is 6.19. The molecule has 0 bridgehead atoms. The minimum atomic E-state index is -0.125. The van der Waals surface area contributed by atoms with E-state index >= 15 is 0 Å². The summed E-state index contributed by atoms with van der Waals surface area (Å²) in [4.78, 5) is 25.9. The Kier molecular flexibility index (Phi) is 4.11. The maximum Gasteiger partial charge on any atom is 0.289 e. The maximum absolute atomic E-state index is 12.5. The van der Waals surface area contributed by atoms with Crippen LogP contribution in [0.2, 0.25) is 0 Å². The molecular formula is C16H19N3O3. The van der Waals surface area contributed by atoms with Crippen molar-refractivity contribution >= 4 is 5.91 Å². The van der Waals surface area contributed by atoms with Crippen LogP contribution in [-0.4, -0.2) is 34.5 Å². The summed E-state index contributed by atoms with van der Waals surface area (Å²) in [5.74, 6) is 0.763. The molecule has 1 aliphatic heterocycles. The zero-order chi connectivity index (χ0) is 15.5. The molecule has 0 radical (unpaired) electrons. The lowest BCUT2D eigenvalue weighted by Crippen LogP contribution is -2.39. The van der Waals surface area contributed by atoms with Crippen LogP contribution in [0.25, 0.3) is 0 Å². The summed E-state index contributed by atoms with van der Waals surface area (Å²) in [7, 11) is 0. The number of pyridine rings is 1. The fourth-order valence-electron chi connectivity index (χ4n) is 2.83. The first-order valence-corrected chi connectivity index (χ1v) is 7.44. The molecule has 22 heavy (non-hydrogen) atoms. The molecule has 1 aliphatic rings. The average Bonchev–Trinajstić information content (AvgIpc) is 3.17. The predicted molar refractivity (Wildman–Crippen MR) is 81.6 cm³/mol. The van der Waals surface area contributed by atoms with Crippen LogP contribution in [0.5, 0.6) is 0 Å². The van der Waals surface area contributed by atoms with E-state index in [-0.39, 0.29) is 17.5 Å². The molecule has 0 saturated carbocycles. The van der Waals surface area contributed by atoms with E-state index in [1.54, 1.807) is 35.4 Å². The Morgan fingerprint density at radius 2 is 2.18 bits per heavy atom. The van der Waals surface area contributed by atoms with Gasteiger partial charge in [-0.1, -0.05) is 6.07 Å². The van der Waals surface area contributed by atoms with Crippen molar-refractivity contribution < 1.29 is 9.21 Å². The maximum atomic E-state index is 12.5. The molecule has 3 rings (SSSR count). The Balaban J connectivity index is 1.75. The number of carbonyl (C=O) groups is 1. The molecule has 6 nitrogen and oxygen atoms in total. The minimum Gasteiger partial charge on any atom is -0.454 e. The quantitative estimate of drug-likeness (QED) is 0.915. The van der Waals surface area contributed by atoms with Crippen molar-refractivity contribution in [3.63, 3.8) is 0 Å². The first-order chi connectivity index (χ1) is 10.7. The molecule has 1 saturated heterocycles. The largest absolute Gasteiger partial charge is 0.454 e. The highest BCUT2D eigenvalue weighted by Gasteiger charge is 2.29. The van der Waals surface area contributed by atoms with Crippen molar-refractivity contribution in [1.29, 1.82) is 0 Å². The third kappa shape index (κ3) is 2.82. The van der Waals surface area contributed by atoms with Crippen molar-refractivity contribution in [2.75, 3.05) is 13.1 Å². The second-order valence-electron chi connectivity index (χ2n) is 5.46. The highest BCUT2D eigenvalue weighted by molar-refractivity contribution is 5.92. The molecule has 3 heterocycles.